The molecule has 4 rings (SSSR count). The number of aliphatic hydroxyl groups excluding tert-OH is 1. The van der Waals surface area contributed by atoms with E-state index in [-0.39, 0.29) is 6.10 Å². The van der Waals surface area contributed by atoms with Gasteiger partial charge in [-0.15, -0.1) is 0 Å². The zero-order valence-corrected chi connectivity index (χ0v) is 20.7. The number of rotatable bonds is 5. The van der Waals surface area contributed by atoms with Crippen LogP contribution in [-0.4, -0.2) is 11.2 Å². The normalized spacial score (nSPS) is 45.6. The summed E-state index contributed by atoms with van der Waals surface area (Å²) in [5.41, 5.74) is 2.51. The molecule has 0 heterocycles. The van der Waals surface area contributed by atoms with Crippen LogP contribution in [0.4, 0.5) is 0 Å². The third-order valence-electron chi connectivity index (χ3n) is 10.8. The molecule has 0 aliphatic heterocycles. The maximum atomic E-state index is 10.2. The van der Waals surface area contributed by atoms with Crippen LogP contribution in [0, 0.1) is 52.3 Å². The predicted molar refractivity (Wildman–Crippen MR) is 128 cm³/mol. The summed E-state index contributed by atoms with van der Waals surface area (Å²) in [6.45, 7) is 14.8. The van der Waals surface area contributed by atoms with Gasteiger partial charge in [-0.3, -0.25) is 0 Å². The Morgan fingerprint density at radius 3 is 2.50 bits per heavy atom. The minimum absolute atomic E-state index is 0.0870. The highest BCUT2D eigenvalue weighted by Gasteiger charge is 2.58. The Balaban J connectivity index is 1.52. The summed E-state index contributed by atoms with van der Waals surface area (Å²) in [5, 5.41) is 10.2. The van der Waals surface area contributed by atoms with Gasteiger partial charge in [0.2, 0.25) is 0 Å². The van der Waals surface area contributed by atoms with E-state index >= 15 is 0 Å². The van der Waals surface area contributed by atoms with Crippen molar-refractivity contribution >= 4 is 0 Å². The first kappa shape index (κ1) is 22.6. The Morgan fingerprint density at radius 2 is 1.80 bits per heavy atom. The van der Waals surface area contributed by atoms with Crippen LogP contribution in [0.2, 0.25) is 0 Å². The molecular weight excluding hydrogens is 364 g/mol. The Kier molecular flexibility index (Phi) is 6.35. The molecule has 4 aliphatic carbocycles. The lowest BCUT2D eigenvalue weighted by atomic mass is 9.47. The maximum absolute atomic E-state index is 10.2. The van der Waals surface area contributed by atoms with Crippen molar-refractivity contribution in [1.82, 2.24) is 0 Å². The molecule has 5 unspecified atom stereocenters. The van der Waals surface area contributed by atoms with E-state index in [9.17, 15) is 5.11 Å². The van der Waals surface area contributed by atoms with Crippen LogP contribution in [0.3, 0.4) is 0 Å². The van der Waals surface area contributed by atoms with E-state index in [1.54, 1.807) is 5.57 Å². The summed E-state index contributed by atoms with van der Waals surface area (Å²) in [6.07, 6.45) is 19.1. The first-order valence-electron chi connectivity index (χ1n) is 13.3. The molecule has 0 bridgehead atoms. The fourth-order valence-corrected chi connectivity index (χ4v) is 8.83. The van der Waals surface area contributed by atoms with Crippen molar-refractivity contribution in [3.05, 3.63) is 23.8 Å². The average Bonchev–Trinajstić information content (AvgIpc) is 3.06. The maximum Gasteiger partial charge on any atom is 0.0577 e. The van der Waals surface area contributed by atoms with Gasteiger partial charge in [0, 0.05) is 0 Å². The molecule has 0 radical (unpaired) electrons. The smallest absolute Gasteiger partial charge is 0.0577 e. The van der Waals surface area contributed by atoms with E-state index < -0.39 is 0 Å². The highest BCUT2D eigenvalue weighted by atomic mass is 16.3. The van der Waals surface area contributed by atoms with E-state index in [0.717, 1.165) is 48.3 Å². The van der Waals surface area contributed by atoms with Gasteiger partial charge in [0.25, 0.3) is 0 Å². The summed E-state index contributed by atoms with van der Waals surface area (Å²) < 4.78 is 0. The third kappa shape index (κ3) is 3.66. The van der Waals surface area contributed by atoms with E-state index in [1.165, 1.54) is 44.9 Å². The Morgan fingerprint density at radius 1 is 1.03 bits per heavy atom. The Labute approximate surface area is 186 Å². The number of hydrogen-bond acceptors (Lipinski definition) is 1. The van der Waals surface area contributed by atoms with Gasteiger partial charge in [0.15, 0.2) is 0 Å². The van der Waals surface area contributed by atoms with Crippen molar-refractivity contribution in [2.24, 2.45) is 52.3 Å². The van der Waals surface area contributed by atoms with E-state index in [0.29, 0.717) is 16.7 Å². The standard InChI is InChI=1S/C29H48O/c1-7-21(19(2)3)9-8-20(4)25-12-13-26-24-11-10-22-18-23(30)14-16-28(22,5)27(24)15-17-29(25,26)6/h8-10,19-21,23-27,30H,7,11-18H2,1-6H3/b9-8+/t20-,21?,23+,24?,25?,26?,27?,28+,29-/m1/s1. The molecule has 9 atom stereocenters. The first-order valence-corrected chi connectivity index (χ1v) is 13.3. The summed E-state index contributed by atoms with van der Waals surface area (Å²) in [5.74, 6) is 5.70. The van der Waals surface area contributed by atoms with Crippen molar-refractivity contribution in [1.29, 1.82) is 0 Å². The van der Waals surface area contributed by atoms with E-state index in [4.69, 9.17) is 0 Å². The minimum Gasteiger partial charge on any atom is -0.393 e. The summed E-state index contributed by atoms with van der Waals surface area (Å²) >= 11 is 0. The lowest BCUT2D eigenvalue weighted by Gasteiger charge is -2.58. The molecule has 0 amide bonds. The number of hydrogen-bond donors (Lipinski definition) is 1. The first-order chi connectivity index (χ1) is 14.2. The highest BCUT2D eigenvalue weighted by Crippen LogP contribution is 2.67. The van der Waals surface area contributed by atoms with Gasteiger partial charge in [0.1, 0.15) is 0 Å². The topological polar surface area (TPSA) is 20.2 Å². The van der Waals surface area contributed by atoms with Gasteiger partial charge in [-0.25, -0.2) is 0 Å². The molecular formula is C29H48O. The highest BCUT2D eigenvalue weighted by molar-refractivity contribution is 5.25. The largest absolute Gasteiger partial charge is 0.393 e. The van der Waals surface area contributed by atoms with Crippen molar-refractivity contribution in [3.63, 3.8) is 0 Å². The quantitative estimate of drug-likeness (QED) is 0.457. The van der Waals surface area contributed by atoms with Crippen LogP contribution in [0.25, 0.3) is 0 Å². The molecule has 1 N–H and O–H groups in total. The fraction of sp³-hybridized carbons (Fsp3) is 0.862. The zero-order chi connectivity index (χ0) is 21.7. The minimum atomic E-state index is -0.0870. The molecule has 0 aromatic carbocycles. The Bertz CT molecular complexity index is 674. The van der Waals surface area contributed by atoms with Crippen LogP contribution < -0.4 is 0 Å². The molecule has 3 saturated carbocycles. The summed E-state index contributed by atoms with van der Waals surface area (Å²) in [7, 11) is 0. The van der Waals surface area contributed by atoms with Crippen LogP contribution >= 0.6 is 0 Å². The molecule has 1 heteroatoms. The molecule has 4 aliphatic rings. The number of allylic oxidation sites excluding steroid dienone is 3. The van der Waals surface area contributed by atoms with Gasteiger partial charge in [-0.05, 0) is 110 Å². The molecule has 1 nitrogen and oxygen atoms in total. The second-order valence-electron chi connectivity index (χ2n) is 12.4. The van der Waals surface area contributed by atoms with E-state index in [1.807, 2.05) is 0 Å². The molecule has 0 aromatic heterocycles. The third-order valence-corrected chi connectivity index (χ3v) is 10.8. The van der Waals surface area contributed by atoms with Crippen molar-refractivity contribution in [3.8, 4) is 0 Å². The summed E-state index contributed by atoms with van der Waals surface area (Å²) in [6, 6.07) is 0. The van der Waals surface area contributed by atoms with Crippen LogP contribution in [-0.2, 0) is 0 Å². The van der Waals surface area contributed by atoms with Crippen molar-refractivity contribution in [2.45, 2.75) is 105 Å². The van der Waals surface area contributed by atoms with Crippen molar-refractivity contribution in [2.75, 3.05) is 0 Å². The van der Waals surface area contributed by atoms with Crippen LogP contribution in [0.15, 0.2) is 23.8 Å². The number of aliphatic hydroxyl groups is 1. The summed E-state index contributed by atoms with van der Waals surface area (Å²) in [4.78, 5) is 0. The molecule has 30 heavy (non-hydrogen) atoms. The monoisotopic (exact) mass is 412 g/mol. The van der Waals surface area contributed by atoms with Gasteiger partial charge in [-0.1, -0.05) is 65.3 Å². The molecule has 170 valence electrons. The van der Waals surface area contributed by atoms with Gasteiger partial charge >= 0.3 is 0 Å². The second kappa shape index (κ2) is 8.42. The lowest BCUT2D eigenvalue weighted by Crippen LogP contribution is -2.50. The van der Waals surface area contributed by atoms with Crippen LogP contribution in [0.1, 0.15) is 99.3 Å². The van der Waals surface area contributed by atoms with Gasteiger partial charge in [0.05, 0.1) is 6.10 Å². The molecule has 0 spiro atoms. The Hall–Kier alpha value is -0.560. The second-order valence-corrected chi connectivity index (χ2v) is 12.4. The van der Waals surface area contributed by atoms with Crippen molar-refractivity contribution < 1.29 is 5.11 Å². The SMILES string of the molecule is CCC(/C=C/[C@@H](C)C1CCC2C3CC=C4C[C@@H](O)CC[C@]4(C)C3CC[C@@]21C)C(C)C. The molecule has 0 saturated heterocycles. The zero-order valence-electron chi connectivity index (χ0n) is 20.7. The van der Waals surface area contributed by atoms with E-state index in [2.05, 4.69) is 59.8 Å². The molecule has 0 aromatic rings. The average molecular weight is 413 g/mol. The van der Waals surface area contributed by atoms with Gasteiger partial charge < -0.3 is 5.11 Å². The van der Waals surface area contributed by atoms with Gasteiger partial charge in [-0.2, -0.15) is 0 Å². The molecule has 3 fully saturated rings. The lowest BCUT2D eigenvalue weighted by molar-refractivity contribution is -0.0540. The fourth-order valence-electron chi connectivity index (χ4n) is 8.83. The van der Waals surface area contributed by atoms with Crippen LogP contribution in [0.5, 0.6) is 0 Å². The number of fused-ring (bicyclic) bond motifs is 5. The predicted octanol–water partition coefficient (Wildman–Crippen LogP) is 7.80.